The van der Waals surface area contributed by atoms with Crippen molar-refractivity contribution in [2.24, 2.45) is 0 Å². The lowest BCUT2D eigenvalue weighted by Crippen LogP contribution is -2.02. The number of nitrogen functional groups attached to an aromatic ring is 1. The third kappa shape index (κ3) is 2.68. The fourth-order valence-electron chi connectivity index (χ4n) is 2.71. The average Bonchev–Trinajstić information content (AvgIpc) is 2.99. The Morgan fingerprint density at radius 3 is 2.42 bits per heavy atom. The molecule has 0 spiro atoms. The molecule has 8 heteroatoms. The van der Waals surface area contributed by atoms with Crippen molar-refractivity contribution >= 4 is 28.6 Å². The van der Waals surface area contributed by atoms with Gasteiger partial charge in [-0.1, -0.05) is 23.9 Å². The number of hydrogen-bond acceptors (Lipinski definition) is 5. The van der Waals surface area contributed by atoms with Crippen molar-refractivity contribution < 1.29 is 8.78 Å². The van der Waals surface area contributed by atoms with E-state index in [2.05, 4.69) is 15.1 Å². The summed E-state index contributed by atoms with van der Waals surface area (Å²) in [6.07, 6.45) is 1.83. The van der Waals surface area contributed by atoms with E-state index >= 15 is 0 Å². The van der Waals surface area contributed by atoms with Gasteiger partial charge >= 0.3 is 0 Å². The summed E-state index contributed by atoms with van der Waals surface area (Å²) in [5, 5.41) is 5.33. The SMILES string of the molecule is CSc1nc(-c2ccccc2F)c2c(N)n(-c3ccc(F)cc3)nc2n1. The molecule has 0 aliphatic carbocycles. The maximum absolute atomic E-state index is 14.4. The van der Waals surface area contributed by atoms with Crippen LogP contribution in [0.2, 0.25) is 0 Å². The molecule has 2 N–H and O–H groups in total. The Balaban J connectivity index is 2.03. The standard InChI is InChI=1S/C18H13F2N5S/c1-26-18-22-15(12-4-2-3-5-13(12)20)14-16(21)25(24-17(14)23-18)11-8-6-10(19)7-9-11/h2-9H,21H2,1H3. The highest BCUT2D eigenvalue weighted by molar-refractivity contribution is 7.98. The van der Waals surface area contributed by atoms with Gasteiger partial charge in [0.05, 0.1) is 16.8 Å². The average molecular weight is 369 g/mol. The van der Waals surface area contributed by atoms with Gasteiger partial charge in [-0.15, -0.1) is 5.10 Å². The number of halogens is 2. The van der Waals surface area contributed by atoms with Gasteiger partial charge in [-0.25, -0.2) is 23.4 Å². The smallest absolute Gasteiger partial charge is 0.190 e. The van der Waals surface area contributed by atoms with Crippen LogP contribution in [0.25, 0.3) is 28.0 Å². The van der Waals surface area contributed by atoms with Crippen LogP contribution in [0.4, 0.5) is 14.6 Å². The molecule has 4 rings (SSSR count). The highest BCUT2D eigenvalue weighted by Crippen LogP contribution is 2.34. The lowest BCUT2D eigenvalue weighted by Gasteiger charge is -2.07. The van der Waals surface area contributed by atoms with Crippen LogP contribution < -0.4 is 5.73 Å². The van der Waals surface area contributed by atoms with Crippen LogP contribution in [0.3, 0.4) is 0 Å². The molecule has 0 saturated heterocycles. The zero-order valence-corrected chi connectivity index (χ0v) is 14.5. The number of aromatic nitrogens is 4. The fraction of sp³-hybridized carbons (Fsp3) is 0.0556. The summed E-state index contributed by atoms with van der Waals surface area (Å²) in [7, 11) is 0. The Hall–Kier alpha value is -3.00. The Kier molecular flexibility index (Phi) is 4.04. The molecular formula is C18H13F2N5S. The van der Waals surface area contributed by atoms with E-state index in [1.54, 1.807) is 30.3 Å². The molecule has 0 aliphatic heterocycles. The molecule has 0 atom stereocenters. The lowest BCUT2D eigenvalue weighted by atomic mass is 10.1. The van der Waals surface area contributed by atoms with E-state index < -0.39 is 5.82 Å². The van der Waals surface area contributed by atoms with Crippen molar-refractivity contribution in [3.8, 4) is 16.9 Å². The Morgan fingerprint density at radius 2 is 1.73 bits per heavy atom. The molecule has 0 amide bonds. The van der Waals surface area contributed by atoms with Gasteiger partial charge in [0, 0.05) is 5.56 Å². The first-order valence-electron chi connectivity index (χ1n) is 7.69. The van der Waals surface area contributed by atoms with E-state index in [0.717, 1.165) is 0 Å². The largest absolute Gasteiger partial charge is 0.383 e. The van der Waals surface area contributed by atoms with E-state index in [1.807, 2.05) is 6.26 Å². The number of anilines is 1. The van der Waals surface area contributed by atoms with Gasteiger partial charge in [-0.2, -0.15) is 0 Å². The lowest BCUT2D eigenvalue weighted by molar-refractivity contribution is 0.627. The summed E-state index contributed by atoms with van der Waals surface area (Å²) in [6.45, 7) is 0. The second kappa shape index (κ2) is 6.38. The van der Waals surface area contributed by atoms with E-state index in [4.69, 9.17) is 5.73 Å². The van der Waals surface area contributed by atoms with Crippen molar-refractivity contribution in [2.45, 2.75) is 5.16 Å². The molecule has 0 bridgehead atoms. The number of rotatable bonds is 3. The summed E-state index contributed by atoms with van der Waals surface area (Å²) in [5.41, 5.74) is 7.91. The molecule has 130 valence electrons. The van der Waals surface area contributed by atoms with Crippen LogP contribution in [0.5, 0.6) is 0 Å². The van der Waals surface area contributed by atoms with Crippen LogP contribution in [0, 0.1) is 11.6 Å². The number of hydrogen-bond donors (Lipinski definition) is 1. The van der Waals surface area contributed by atoms with Crippen LogP contribution in [-0.4, -0.2) is 26.0 Å². The predicted octanol–water partition coefficient (Wildman–Crippen LogP) is 4.06. The molecule has 0 fully saturated rings. The predicted molar refractivity (Wildman–Crippen MR) is 98.2 cm³/mol. The molecule has 0 radical (unpaired) electrons. The Morgan fingerprint density at radius 1 is 1.00 bits per heavy atom. The minimum absolute atomic E-state index is 0.262. The zero-order chi connectivity index (χ0) is 18.3. The third-order valence-electron chi connectivity index (χ3n) is 3.93. The van der Waals surface area contributed by atoms with E-state index in [9.17, 15) is 8.78 Å². The molecule has 2 aromatic heterocycles. The van der Waals surface area contributed by atoms with Crippen molar-refractivity contribution in [2.75, 3.05) is 12.0 Å². The molecule has 2 heterocycles. The zero-order valence-electron chi connectivity index (χ0n) is 13.6. The van der Waals surface area contributed by atoms with Crippen molar-refractivity contribution in [3.05, 3.63) is 60.2 Å². The summed E-state index contributed by atoms with van der Waals surface area (Å²) in [4.78, 5) is 8.83. The second-order valence-electron chi connectivity index (χ2n) is 5.51. The van der Waals surface area contributed by atoms with E-state index in [0.29, 0.717) is 33.1 Å². The topological polar surface area (TPSA) is 69.6 Å². The third-order valence-corrected chi connectivity index (χ3v) is 4.48. The molecule has 26 heavy (non-hydrogen) atoms. The van der Waals surface area contributed by atoms with Gasteiger partial charge in [-0.05, 0) is 42.7 Å². The van der Waals surface area contributed by atoms with Gasteiger partial charge in [0.1, 0.15) is 17.5 Å². The van der Waals surface area contributed by atoms with Crippen molar-refractivity contribution in [3.63, 3.8) is 0 Å². The highest BCUT2D eigenvalue weighted by atomic mass is 32.2. The van der Waals surface area contributed by atoms with Crippen LogP contribution >= 0.6 is 11.8 Å². The quantitative estimate of drug-likeness (QED) is 0.436. The Bertz CT molecular complexity index is 1110. The van der Waals surface area contributed by atoms with Crippen molar-refractivity contribution in [1.29, 1.82) is 0 Å². The first-order valence-corrected chi connectivity index (χ1v) is 8.92. The molecule has 0 unspecified atom stereocenters. The van der Waals surface area contributed by atoms with Gasteiger partial charge in [0.15, 0.2) is 10.8 Å². The van der Waals surface area contributed by atoms with Gasteiger partial charge in [0.25, 0.3) is 0 Å². The number of fused-ring (bicyclic) bond motifs is 1. The maximum Gasteiger partial charge on any atom is 0.190 e. The van der Waals surface area contributed by atoms with Crippen LogP contribution in [-0.2, 0) is 0 Å². The normalized spacial score (nSPS) is 11.2. The van der Waals surface area contributed by atoms with E-state index in [-0.39, 0.29) is 11.6 Å². The molecule has 0 saturated carbocycles. The number of thioether (sulfide) groups is 1. The number of nitrogens with zero attached hydrogens (tertiary/aromatic N) is 4. The van der Waals surface area contributed by atoms with E-state index in [1.165, 1.54) is 34.6 Å². The summed E-state index contributed by atoms with van der Waals surface area (Å²) < 4.78 is 29.0. The number of benzene rings is 2. The first kappa shape index (κ1) is 16.5. The molecule has 0 aliphatic rings. The van der Waals surface area contributed by atoms with Crippen molar-refractivity contribution in [1.82, 2.24) is 19.7 Å². The monoisotopic (exact) mass is 369 g/mol. The summed E-state index contributed by atoms with van der Waals surface area (Å²) in [5.74, 6) is -0.508. The van der Waals surface area contributed by atoms with Gasteiger partial charge in [-0.3, -0.25) is 0 Å². The van der Waals surface area contributed by atoms with Gasteiger partial charge in [0.2, 0.25) is 0 Å². The molecule has 2 aromatic carbocycles. The minimum atomic E-state index is -0.409. The minimum Gasteiger partial charge on any atom is -0.383 e. The molecular weight excluding hydrogens is 356 g/mol. The Labute approximate surface area is 151 Å². The fourth-order valence-corrected chi connectivity index (χ4v) is 3.07. The highest BCUT2D eigenvalue weighted by Gasteiger charge is 2.20. The van der Waals surface area contributed by atoms with Crippen LogP contribution in [0.15, 0.2) is 53.7 Å². The number of nitrogens with two attached hydrogens (primary N) is 1. The summed E-state index contributed by atoms with van der Waals surface area (Å²) in [6, 6.07) is 12.1. The van der Waals surface area contributed by atoms with Gasteiger partial charge < -0.3 is 5.73 Å². The maximum atomic E-state index is 14.4. The first-order chi connectivity index (χ1) is 12.6. The second-order valence-corrected chi connectivity index (χ2v) is 6.28. The molecule has 4 aromatic rings. The summed E-state index contributed by atoms with van der Waals surface area (Å²) >= 11 is 1.33. The van der Waals surface area contributed by atoms with Crippen LogP contribution in [0.1, 0.15) is 0 Å². The molecule has 5 nitrogen and oxygen atoms in total.